The first-order chi connectivity index (χ1) is 11.0. The van der Waals surface area contributed by atoms with E-state index in [-0.39, 0.29) is 16.8 Å². The number of hydrogen-bond donors (Lipinski definition) is 2. The molecule has 2 aromatic carbocycles. The van der Waals surface area contributed by atoms with Crippen LogP contribution in [0.25, 0.3) is 10.9 Å². The van der Waals surface area contributed by atoms with E-state index in [2.05, 4.69) is 4.98 Å². The molecule has 0 unspecified atom stereocenters. The van der Waals surface area contributed by atoms with Gasteiger partial charge in [-0.1, -0.05) is 23.7 Å². The number of pyridine rings is 1. The number of rotatable bonds is 3. The first kappa shape index (κ1) is 15.2. The van der Waals surface area contributed by atoms with E-state index < -0.39 is 11.4 Å². The van der Waals surface area contributed by atoms with Crippen molar-refractivity contribution in [3.63, 3.8) is 0 Å². The normalized spacial score (nSPS) is 10.9. The van der Waals surface area contributed by atoms with Crippen LogP contribution in [0, 0.1) is 5.82 Å². The summed E-state index contributed by atoms with van der Waals surface area (Å²) in [5.74, 6) is -1.62. The first-order valence-electron chi connectivity index (χ1n) is 6.77. The monoisotopic (exact) mass is 331 g/mol. The van der Waals surface area contributed by atoms with Crippen LogP contribution in [0.1, 0.15) is 21.5 Å². The van der Waals surface area contributed by atoms with E-state index in [1.165, 1.54) is 12.1 Å². The molecule has 0 atom stereocenters. The Balaban J connectivity index is 2.12. The van der Waals surface area contributed by atoms with Gasteiger partial charge in [0, 0.05) is 16.6 Å². The molecular weight excluding hydrogens is 321 g/mol. The highest BCUT2D eigenvalue weighted by molar-refractivity contribution is 6.32. The van der Waals surface area contributed by atoms with Crippen molar-refractivity contribution in [3.8, 4) is 0 Å². The number of H-pyrrole nitrogens is 1. The Labute approximate surface area is 135 Å². The Morgan fingerprint density at radius 1 is 1.22 bits per heavy atom. The Kier molecular flexibility index (Phi) is 3.88. The van der Waals surface area contributed by atoms with Gasteiger partial charge in [0.1, 0.15) is 11.4 Å². The van der Waals surface area contributed by atoms with Gasteiger partial charge in [-0.05, 0) is 41.8 Å². The minimum absolute atomic E-state index is 0.256. The summed E-state index contributed by atoms with van der Waals surface area (Å²) in [4.78, 5) is 26.1. The second kappa shape index (κ2) is 5.85. The van der Waals surface area contributed by atoms with Gasteiger partial charge in [-0.2, -0.15) is 0 Å². The molecule has 1 aromatic heterocycles. The van der Waals surface area contributed by atoms with Crippen molar-refractivity contribution in [3.05, 3.63) is 80.3 Å². The lowest BCUT2D eigenvalue weighted by Crippen LogP contribution is -2.15. The van der Waals surface area contributed by atoms with Gasteiger partial charge in [0.2, 0.25) is 5.43 Å². The standard InChI is InChI=1S/C17H11ClFNO3/c18-14-7-15-12(16(21)13(8-20-15)17(22)23)6-10(14)5-9-1-3-11(19)4-2-9/h1-4,6-8H,5H2,(H,20,21)(H,22,23). The van der Waals surface area contributed by atoms with Crippen molar-refractivity contribution in [2.45, 2.75) is 6.42 Å². The fraction of sp³-hybridized carbons (Fsp3) is 0.0588. The lowest BCUT2D eigenvalue weighted by Gasteiger charge is -2.08. The van der Waals surface area contributed by atoms with Crippen LogP contribution in [0.3, 0.4) is 0 Å². The summed E-state index contributed by atoms with van der Waals surface area (Å²) in [6.45, 7) is 0. The third-order valence-corrected chi connectivity index (χ3v) is 3.94. The highest BCUT2D eigenvalue weighted by atomic mass is 35.5. The first-order valence-corrected chi connectivity index (χ1v) is 7.15. The van der Waals surface area contributed by atoms with Crippen LogP contribution in [-0.2, 0) is 6.42 Å². The topological polar surface area (TPSA) is 70.2 Å². The van der Waals surface area contributed by atoms with Crippen LogP contribution in [-0.4, -0.2) is 16.1 Å². The molecule has 0 spiro atoms. The van der Waals surface area contributed by atoms with Crippen molar-refractivity contribution in [2.24, 2.45) is 0 Å². The molecule has 3 rings (SSSR count). The van der Waals surface area contributed by atoms with Crippen molar-refractivity contribution < 1.29 is 14.3 Å². The van der Waals surface area contributed by atoms with Gasteiger partial charge in [-0.3, -0.25) is 4.79 Å². The molecule has 0 aliphatic rings. The van der Waals surface area contributed by atoms with Crippen LogP contribution in [0.15, 0.2) is 47.4 Å². The zero-order valence-electron chi connectivity index (χ0n) is 11.8. The summed E-state index contributed by atoms with van der Waals surface area (Å²) in [7, 11) is 0. The van der Waals surface area contributed by atoms with Gasteiger partial charge < -0.3 is 10.1 Å². The van der Waals surface area contributed by atoms with E-state index in [1.54, 1.807) is 24.3 Å². The lowest BCUT2D eigenvalue weighted by atomic mass is 10.0. The Hall–Kier alpha value is -2.66. The summed E-state index contributed by atoms with van der Waals surface area (Å²) in [6, 6.07) is 9.12. The highest BCUT2D eigenvalue weighted by Crippen LogP contribution is 2.24. The van der Waals surface area contributed by atoms with E-state index in [4.69, 9.17) is 16.7 Å². The average molecular weight is 332 g/mol. The number of aromatic carboxylic acids is 1. The smallest absolute Gasteiger partial charge is 0.341 e. The van der Waals surface area contributed by atoms with Gasteiger partial charge in [-0.25, -0.2) is 9.18 Å². The van der Waals surface area contributed by atoms with Gasteiger partial charge >= 0.3 is 5.97 Å². The third kappa shape index (κ3) is 2.96. The van der Waals surface area contributed by atoms with Gasteiger partial charge in [0.05, 0.1) is 5.52 Å². The van der Waals surface area contributed by atoms with E-state index in [0.29, 0.717) is 22.5 Å². The zero-order chi connectivity index (χ0) is 16.6. The van der Waals surface area contributed by atoms with Crippen LogP contribution < -0.4 is 5.43 Å². The molecule has 0 saturated heterocycles. The fourth-order valence-corrected chi connectivity index (χ4v) is 2.63. The maximum Gasteiger partial charge on any atom is 0.341 e. The molecule has 0 aliphatic carbocycles. The second-order valence-corrected chi connectivity index (χ2v) is 5.54. The Morgan fingerprint density at radius 3 is 2.57 bits per heavy atom. The van der Waals surface area contributed by atoms with E-state index in [0.717, 1.165) is 11.8 Å². The summed E-state index contributed by atoms with van der Waals surface area (Å²) in [5.41, 5.74) is 1.07. The molecule has 0 radical (unpaired) electrons. The number of carbonyl (C=O) groups is 1. The minimum Gasteiger partial charge on any atom is -0.477 e. The number of halogens is 2. The lowest BCUT2D eigenvalue weighted by molar-refractivity contribution is 0.0695. The van der Waals surface area contributed by atoms with Crippen molar-refractivity contribution in [1.29, 1.82) is 0 Å². The summed E-state index contributed by atoms with van der Waals surface area (Å²) < 4.78 is 13.0. The predicted molar refractivity (Wildman–Crippen MR) is 85.7 cm³/mol. The number of hydrogen-bond acceptors (Lipinski definition) is 2. The molecule has 4 nitrogen and oxygen atoms in total. The van der Waals surface area contributed by atoms with Gasteiger partial charge in [0.25, 0.3) is 0 Å². The SMILES string of the molecule is O=C(O)c1c[nH]c2cc(Cl)c(Cc3ccc(F)cc3)cc2c1=O. The Bertz CT molecular complexity index is 964. The van der Waals surface area contributed by atoms with E-state index in [1.807, 2.05) is 0 Å². The quantitative estimate of drug-likeness (QED) is 0.770. The number of nitrogens with one attached hydrogen (secondary N) is 1. The fourth-order valence-electron chi connectivity index (χ4n) is 2.40. The van der Waals surface area contributed by atoms with Crippen LogP contribution in [0.2, 0.25) is 5.02 Å². The van der Waals surface area contributed by atoms with E-state index >= 15 is 0 Å². The molecule has 0 saturated carbocycles. The molecule has 1 heterocycles. The minimum atomic E-state index is -1.29. The molecule has 3 aromatic rings. The maximum absolute atomic E-state index is 13.0. The molecule has 0 amide bonds. The molecule has 116 valence electrons. The maximum atomic E-state index is 13.0. The van der Waals surface area contributed by atoms with Crippen molar-refractivity contribution in [1.82, 2.24) is 4.98 Å². The average Bonchev–Trinajstić information content (AvgIpc) is 2.51. The number of aromatic nitrogens is 1. The molecule has 2 N–H and O–H groups in total. The number of fused-ring (bicyclic) bond motifs is 1. The molecule has 6 heteroatoms. The summed E-state index contributed by atoms with van der Waals surface area (Å²) in [5, 5.41) is 9.73. The predicted octanol–water partition coefficient (Wildman–Crippen LogP) is 3.61. The molecule has 0 aliphatic heterocycles. The largest absolute Gasteiger partial charge is 0.477 e. The van der Waals surface area contributed by atoms with Crippen molar-refractivity contribution in [2.75, 3.05) is 0 Å². The zero-order valence-corrected chi connectivity index (χ0v) is 12.5. The molecule has 0 fully saturated rings. The number of carboxylic acids is 1. The molecular formula is C17H11ClFNO3. The number of aromatic amines is 1. The number of carboxylic acid groups (broad SMARTS) is 1. The summed E-state index contributed by atoms with van der Waals surface area (Å²) >= 11 is 6.23. The summed E-state index contributed by atoms with van der Waals surface area (Å²) in [6.07, 6.45) is 1.56. The molecule has 23 heavy (non-hydrogen) atoms. The van der Waals surface area contributed by atoms with Crippen LogP contribution >= 0.6 is 11.6 Å². The van der Waals surface area contributed by atoms with E-state index in [9.17, 15) is 14.0 Å². The third-order valence-electron chi connectivity index (χ3n) is 3.59. The van der Waals surface area contributed by atoms with Crippen molar-refractivity contribution >= 4 is 28.5 Å². The van der Waals surface area contributed by atoms with Gasteiger partial charge in [-0.15, -0.1) is 0 Å². The van der Waals surface area contributed by atoms with Crippen LogP contribution in [0.4, 0.5) is 4.39 Å². The van der Waals surface area contributed by atoms with Gasteiger partial charge in [0.15, 0.2) is 0 Å². The molecule has 0 bridgehead atoms. The number of benzene rings is 2. The highest BCUT2D eigenvalue weighted by Gasteiger charge is 2.13. The second-order valence-electron chi connectivity index (χ2n) is 5.13. The van der Waals surface area contributed by atoms with Crippen LogP contribution in [0.5, 0.6) is 0 Å². The Morgan fingerprint density at radius 2 is 1.91 bits per heavy atom.